The summed E-state index contributed by atoms with van der Waals surface area (Å²) in [6, 6.07) is 0. The Labute approximate surface area is 68.6 Å². The van der Waals surface area contributed by atoms with Gasteiger partial charge in [0.1, 0.15) is 0 Å². The Morgan fingerprint density at radius 3 is 2.00 bits per heavy atom. The first-order valence-corrected chi connectivity index (χ1v) is 8.19. The third-order valence-corrected chi connectivity index (χ3v) is 6.52. The summed E-state index contributed by atoms with van der Waals surface area (Å²) < 4.78 is 15.8. The normalized spacial score (nSPS) is 12.6. The first-order valence-electron chi connectivity index (χ1n) is 3.27. The van der Waals surface area contributed by atoms with Gasteiger partial charge >= 0.3 is 14.8 Å². The Kier molecular flexibility index (Phi) is 4.78. The van der Waals surface area contributed by atoms with Crippen molar-refractivity contribution in [2.45, 2.75) is 18.9 Å². The minimum Gasteiger partial charge on any atom is -0.682 e. The van der Waals surface area contributed by atoms with Gasteiger partial charge < -0.3 is 11.7 Å². The van der Waals surface area contributed by atoms with Crippen molar-refractivity contribution in [3.8, 4) is 0 Å². The SMILES string of the molecule is C[O][Al-]([CH3])[O][Si](C)(C)OC. The van der Waals surface area contributed by atoms with Gasteiger partial charge in [-0.25, -0.2) is 0 Å². The predicted molar refractivity (Wildman–Crippen MR) is 44.2 cm³/mol. The zero-order chi connectivity index (χ0) is 8.20. The monoisotopic (exact) mass is 178 g/mol. The molecule has 0 N–H and O–H groups in total. The molecular weight excluding hydrogens is 163 g/mol. The van der Waals surface area contributed by atoms with Gasteiger partial charge in [-0.05, 0) is 20.2 Å². The molecule has 3 nitrogen and oxygen atoms in total. The Morgan fingerprint density at radius 1 is 1.20 bits per heavy atom. The average Bonchev–Trinajstić information content (AvgIpc) is 1.87. The van der Waals surface area contributed by atoms with Gasteiger partial charge in [-0.3, -0.25) is 0 Å². The van der Waals surface area contributed by atoms with Gasteiger partial charge in [0.05, 0.1) is 0 Å². The fraction of sp³-hybridized carbons (Fsp3) is 1.00. The lowest BCUT2D eigenvalue weighted by atomic mass is 11.8. The molecule has 10 heavy (non-hydrogen) atoms. The van der Waals surface area contributed by atoms with E-state index in [4.69, 9.17) is 11.7 Å². The van der Waals surface area contributed by atoms with Crippen LogP contribution in [0.2, 0.25) is 18.9 Å². The highest BCUT2D eigenvalue weighted by Crippen LogP contribution is 2.06. The molecule has 0 aliphatic carbocycles. The molecule has 0 heterocycles. The fourth-order valence-electron chi connectivity index (χ4n) is 0.496. The molecule has 0 aliphatic heterocycles. The second-order valence-electron chi connectivity index (χ2n) is 2.53. The van der Waals surface area contributed by atoms with E-state index in [1.54, 1.807) is 14.2 Å². The molecule has 5 heteroatoms. The molecule has 0 atom stereocenters. The van der Waals surface area contributed by atoms with Crippen LogP contribution in [0.3, 0.4) is 0 Å². The second-order valence-corrected chi connectivity index (χ2v) is 8.28. The molecule has 0 fully saturated rings. The van der Waals surface area contributed by atoms with E-state index in [2.05, 4.69) is 0 Å². The van der Waals surface area contributed by atoms with Crippen LogP contribution >= 0.6 is 0 Å². The Balaban J connectivity index is 3.64. The molecule has 0 bridgehead atoms. The molecule has 1 radical (unpaired) electrons. The third kappa shape index (κ3) is 4.45. The van der Waals surface area contributed by atoms with Crippen molar-refractivity contribution in [1.82, 2.24) is 0 Å². The minimum atomic E-state index is -1.82. The summed E-state index contributed by atoms with van der Waals surface area (Å²) in [7, 11) is 1.54. The van der Waals surface area contributed by atoms with Crippen LogP contribution in [0.1, 0.15) is 0 Å². The number of hydrogen-bond donors (Lipinski definition) is 0. The maximum Gasteiger partial charge on any atom is 0.326 e. The molecule has 0 aliphatic rings. The van der Waals surface area contributed by atoms with Gasteiger partial charge in [0.25, 0.3) is 8.56 Å². The van der Waals surface area contributed by atoms with Gasteiger partial charge in [0.2, 0.25) is 0 Å². The van der Waals surface area contributed by atoms with Gasteiger partial charge in [-0.15, -0.1) is 0 Å². The molecule has 0 saturated carbocycles. The maximum absolute atomic E-state index is 5.57. The van der Waals surface area contributed by atoms with Crippen molar-refractivity contribution < 1.29 is 11.7 Å². The zero-order valence-electron chi connectivity index (χ0n) is 7.30. The van der Waals surface area contributed by atoms with Crippen molar-refractivity contribution in [2.24, 2.45) is 0 Å². The van der Waals surface area contributed by atoms with Crippen LogP contribution in [0, 0.1) is 0 Å². The largest absolute Gasteiger partial charge is 0.682 e. The molecule has 61 valence electrons. The van der Waals surface area contributed by atoms with Crippen LogP contribution < -0.4 is 0 Å². The summed E-state index contributed by atoms with van der Waals surface area (Å²) in [6.45, 7) is 4.02. The summed E-state index contributed by atoms with van der Waals surface area (Å²) in [5.41, 5.74) is 0. The molecule has 0 rings (SSSR count). The first kappa shape index (κ1) is 10.6. The Bertz CT molecular complexity index is 98.9. The van der Waals surface area contributed by atoms with Crippen molar-refractivity contribution in [3.05, 3.63) is 0 Å². The van der Waals surface area contributed by atoms with Crippen molar-refractivity contribution >= 4 is 23.4 Å². The highest BCUT2D eigenvalue weighted by Gasteiger charge is 2.19. The predicted octanol–water partition coefficient (Wildman–Crippen LogP) is 1.12. The average molecular weight is 178 g/mol. The third-order valence-electron chi connectivity index (χ3n) is 1.27. The number of hydrogen-bond acceptors (Lipinski definition) is 3. The first-order chi connectivity index (χ1) is 4.52. The van der Waals surface area contributed by atoms with E-state index in [1.807, 2.05) is 18.9 Å². The summed E-state index contributed by atoms with van der Waals surface area (Å²) >= 11 is -1.39. The second kappa shape index (κ2) is 4.50. The van der Waals surface area contributed by atoms with Crippen molar-refractivity contribution in [3.63, 3.8) is 0 Å². The van der Waals surface area contributed by atoms with E-state index in [1.165, 1.54) is 0 Å². The lowest BCUT2D eigenvalue weighted by Gasteiger charge is -2.33. The zero-order valence-corrected chi connectivity index (χ0v) is 9.46. The van der Waals surface area contributed by atoms with E-state index in [-0.39, 0.29) is 0 Å². The van der Waals surface area contributed by atoms with Crippen LogP contribution in [0.4, 0.5) is 0 Å². The highest BCUT2D eigenvalue weighted by atomic mass is 28.4. The Hall–Kier alpha value is 0.629. The number of rotatable bonds is 4. The molecule has 0 saturated heterocycles. The lowest BCUT2D eigenvalue weighted by Crippen LogP contribution is -2.39. The van der Waals surface area contributed by atoms with Crippen molar-refractivity contribution in [2.75, 3.05) is 14.2 Å². The molecule has 0 aromatic heterocycles. The Morgan fingerprint density at radius 2 is 1.70 bits per heavy atom. The molecular formula is C5H15AlO3Si-. The summed E-state index contributed by atoms with van der Waals surface area (Å²) in [6.07, 6.45) is 0. The molecule has 0 aromatic carbocycles. The van der Waals surface area contributed by atoms with Crippen molar-refractivity contribution in [1.29, 1.82) is 0 Å². The van der Waals surface area contributed by atoms with E-state index >= 15 is 0 Å². The molecule has 0 unspecified atom stereocenters. The van der Waals surface area contributed by atoms with Crippen LogP contribution in [0.15, 0.2) is 0 Å². The lowest BCUT2D eigenvalue weighted by molar-refractivity contribution is 0.268. The van der Waals surface area contributed by atoms with E-state index in [0.717, 1.165) is 0 Å². The summed E-state index contributed by atoms with van der Waals surface area (Å²) in [5, 5.41) is 0. The van der Waals surface area contributed by atoms with Gasteiger partial charge in [0, 0.05) is 7.11 Å². The minimum absolute atomic E-state index is 1.39. The van der Waals surface area contributed by atoms with E-state index in [0.29, 0.717) is 0 Å². The maximum atomic E-state index is 5.57. The quantitative estimate of drug-likeness (QED) is 0.604. The topological polar surface area (TPSA) is 27.7 Å². The van der Waals surface area contributed by atoms with Gasteiger partial charge in [-0.2, -0.15) is 5.79 Å². The molecule has 0 aromatic rings. The van der Waals surface area contributed by atoms with Crippen LogP contribution in [0.5, 0.6) is 0 Å². The summed E-state index contributed by atoms with van der Waals surface area (Å²) in [5.74, 6) is 1.99. The van der Waals surface area contributed by atoms with Crippen LogP contribution in [0.25, 0.3) is 0 Å². The van der Waals surface area contributed by atoms with E-state index in [9.17, 15) is 0 Å². The summed E-state index contributed by atoms with van der Waals surface area (Å²) in [4.78, 5) is 0. The smallest absolute Gasteiger partial charge is 0.326 e. The standard InChI is InChI=1S/C3H9O2Si.CH3O.CH3.Al/c1-5-6(2,3)4;1-2;;/h1-3H3;1H3;1H3;/q2*-1;;+1. The molecule has 0 amide bonds. The van der Waals surface area contributed by atoms with Crippen LogP contribution in [-0.2, 0) is 11.7 Å². The van der Waals surface area contributed by atoms with Gasteiger partial charge in [0.15, 0.2) is 0 Å². The molecule has 0 spiro atoms. The van der Waals surface area contributed by atoms with Gasteiger partial charge in [-0.1, -0.05) is 0 Å². The van der Waals surface area contributed by atoms with Crippen LogP contribution in [-0.4, -0.2) is 37.6 Å². The fourth-order valence-corrected chi connectivity index (χ4v) is 4.46. The highest BCUT2D eigenvalue weighted by molar-refractivity contribution is 6.71. The van der Waals surface area contributed by atoms with E-state index < -0.39 is 23.4 Å².